The summed E-state index contributed by atoms with van der Waals surface area (Å²) in [4.78, 5) is 8.03. The Morgan fingerprint density at radius 3 is 2.80 bits per heavy atom. The predicted molar refractivity (Wildman–Crippen MR) is 59.5 cm³/mol. The van der Waals surface area contributed by atoms with Crippen molar-refractivity contribution in [2.45, 2.75) is 27.2 Å². The molecule has 0 unspecified atom stereocenters. The maximum Gasteiger partial charge on any atom is 0.221 e. The van der Waals surface area contributed by atoms with Gasteiger partial charge < -0.3 is 10.2 Å². The van der Waals surface area contributed by atoms with E-state index in [0.717, 1.165) is 12.0 Å². The van der Waals surface area contributed by atoms with Gasteiger partial charge in [-0.25, -0.2) is 15.8 Å². The van der Waals surface area contributed by atoms with Gasteiger partial charge in [0.25, 0.3) is 0 Å². The van der Waals surface area contributed by atoms with Crippen LogP contribution in [-0.4, -0.2) is 16.6 Å². The van der Waals surface area contributed by atoms with E-state index in [1.54, 1.807) is 0 Å². The monoisotopic (exact) mass is 210 g/mol. The maximum absolute atomic E-state index is 5.54. The van der Waals surface area contributed by atoms with Gasteiger partial charge in [-0.2, -0.15) is 0 Å². The van der Waals surface area contributed by atoms with Crippen LogP contribution in [0.3, 0.4) is 0 Å². The molecule has 0 aliphatic carbocycles. The molecule has 0 spiro atoms. The Morgan fingerprint density at radius 1 is 1.47 bits per heavy atom. The SMILES string of the molecule is Cc1c(NN)ncnc1OCCC(C)C. The number of nitrogen functional groups attached to an aromatic ring is 1. The molecule has 5 nitrogen and oxygen atoms in total. The second kappa shape index (κ2) is 5.50. The first-order chi connectivity index (χ1) is 7.15. The third-order valence-corrected chi connectivity index (χ3v) is 2.11. The Hall–Kier alpha value is -1.36. The average molecular weight is 210 g/mol. The molecule has 1 aromatic heterocycles. The van der Waals surface area contributed by atoms with Crippen molar-refractivity contribution in [3.05, 3.63) is 11.9 Å². The minimum atomic E-state index is 0.596. The average Bonchev–Trinajstić information content (AvgIpc) is 2.20. The Kier molecular flexibility index (Phi) is 4.30. The van der Waals surface area contributed by atoms with Crippen LogP contribution in [0.15, 0.2) is 6.33 Å². The third kappa shape index (κ3) is 3.36. The summed E-state index contributed by atoms with van der Waals surface area (Å²) in [5, 5.41) is 0. The van der Waals surface area contributed by atoms with Crippen LogP contribution in [-0.2, 0) is 0 Å². The van der Waals surface area contributed by atoms with Gasteiger partial charge in [-0.15, -0.1) is 0 Å². The summed E-state index contributed by atoms with van der Waals surface area (Å²) in [7, 11) is 0. The number of aromatic nitrogens is 2. The lowest BCUT2D eigenvalue weighted by Gasteiger charge is -2.10. The molecule has 0 fully saturated rings. The van der Waals surface area contributed by atoms with Gasteiger partial charge in [0.05, 0.1) is 12.2 Å². The summed E-state index contributed by atoms with van der Waals surface area (Å²) >= 11 is 0. The van der Waals surface area contributed by atoms with Crippen LogP contribution in [0.25, 0.3) is 0 Å². The number of ether oxygens (including phenoxy) is 1. The van der Waals surface area contributed by atoms with Crippen LogP contribution in [0, 0.1) is 12.8 Å². The predicted octanol–water partition coefficient (Wildman–Crippen LogP) is 1.50. The van der Waals surface area contributed by atoms with Gasteiger partial charge in [0, 0.05) is 0 Å². The van der Waals surface area contributed by atoms with Crippen LogP contribution >= 0.6 is 0 Å². The quantitative estimate of drug-likeness (QED) is 0.569. The van der Waals surface area contributed by atoms with E-state index in [1.807, 2.05) is 6.92 Å². The van der Waals surface area contributed by atoms with Gasteiger partial charge in [0.2, 0.25) is 5.88 Å². The molecule has 3 N–H and O–H groups in total. The normalized spacial score (nSPS) is 10.5. The first-order valence-electron chi connectivity index (χ1n) is 5.06. The third-order valence-electron chi connectivity index (χ3n) is 2.11. The first kappa shape index (κ1) is 11.7. The molecule has 1 heterocycles. The highest BCUT2D eigenvalue weighted by molar-refractivity contribution is 5.46. The van der Waals surface area contributed by atoms with E-state index in [-0.39, 0.29) is 0 Å². The number of nitrogens with one attached hydrogen (secondary N) is 1. The van der Waals surface area contributed by atoms with Gasteiger partial charge >= 0.3 is 0 Å². The Morgan fingerprint density at radius 2 is 2.20 bits per heavy atom. The number of hydrazine groups is 1. The highest BCUT2D eigenvalue weighted by Gasteiger charge is 2.06. The molecule has 5 heteroatoms. The zero-order chi connectivity index (χ0) is 11.3. The van der Waals surface area contributed by atoms with E-state index in [2.05, 4.69) is 29.2 Å². The number of hydrogen-bond acceptors (Lipinski definition) is 5. The molecule has 0 amide bonds. The molecule has 15 heavy (non-hydrogen) atoms. The summed E-state index contributed by atoms with van der Waals surface area (Å²) in [6.45, 7) is 6.85. The zero-order valence-electron chi connectivity index (χ0n) is 9.45. The Bertz CT molecular complexity index is 314. The van der Waals surface area contributed by atoms with Crippen LogP contribution in [0.4, 0.5) is 5.82 Å². The second-order valence-electron chi connectivity index (χ2n) is 3.83. The van der Waals surface area contributed by atoms with E-state index in [9.17, 15) is 0 Å². The summed E-state index contributed by atoms with van der Waals surface area (Å²) in [5.41, 5.74) is 3.34. The number of nitrogens with two attached hydrogens (primary N) is 1. The van der Waals surface area contributed by atoms with E-state index < -0.39 is 0 Å². The summed E-state index contributed by atoms with van der Waals surface area (Å²) in [6.07, 6.45) is 2.45. The summed E-state index contributed by atoms with van der Waals surface area (Å²) < 4.78 is 5.54. The molecular formula is C10H18N4O. The molecule has 0 saturated carbocycles. The highest BCUT2D eigenvalue weighted by Crippen LogP contribution is 2.19. The second-order valence-corrected chi connectivity index (χ2v) is 3.83. The molecule has 0 atom stereocenters. The van der Waals surface area contributed by atoms with Crippen LogP contribution in [0.5, 0.6) is 5.88 Å². The topological polar surface area (TPSA) is 73.1 Å². The molecule has 0 radical (unpaired) electrons. The lowest BCUT2D eigenvalue weighted by Crippen LogP contribution is -2.12. The van der Waals surface area contributed by atoms with Crippen LogP contribution < -0.4 is 16.0 Å². The number of nitrogens with zero attached hydrogens (tertiary/aromatic N) is 2. The van der Waals surface area contributed by atoms with Crippen molar-refractivity contribution in [1.29, 1.82) is 0 Å². The van der Waals surface area contributed by atoms with Crippen LogP contribution in [0.1, 0.15) is 25.8 Å². The number of rotatable bonds is 5. The standard InChI is InChI=1S/C10H18N4O/c1-7(2)4-5-15-10-8(3)9(14-11)12-6-13-10/h6-7H,4-5,11H2,1-3H3,(H,12,13,14). The molecule has 84 valence electrons. The van der Waals surface area contributed by atoms with Gasteiger partial charge in [-0.3, -0.25) is 0 Å². The molecule has 0 aliphatic rings. The fourth-order valence-corrected chi connectivity index (χ4v) is 1.12. The van der Waals surface area contributed by atoms with Crippen molar-refractivity contribution in [3.63, 3.8) is 0 Å². The fourth-order valence-electron chi connectivity index (χ4n) is 1.12. The van der Waals surface area contributed by atoms with Crippen molar-refractivity contribution < 1.29 is 4.74 Å². The Balaban J connectivity index is 2.61. The van der Waals surface area contributed by atoms with Crippen molar-refractivity contribution >= 4 is 5.82 Å². The summed E-state index contributed by atoms with van der Waals surface area (Å²) in [6, 6.07) is 0. The Labute approximate surface area is 90.0 Å². The van der Waals surface area contributed by atoms with Crippen molar-refractivity contribution in [2.75, 3.05) is 12.0 Å². The van der Waals surface area contributed by atoms with E-state index in [1.165, 1.54) is 6.33 Å². The van der Waals surface area contributed by atoms with Crippen molar-refractivity contribution in [2.24, 2.45) is 11.8 Å². The lowest BCUT2D eigenvalue weighted by atomic mass is 10.1. The number of hydrogen-bond donors (Lipinski definition) is 2. The molecule has 0 bridgehead atoms. The molecule has 0 saturated heterocycles. The van der Waals surface area contributed by atoms with Gasteiger partial charge in [-0.05, 0) is 19.3 Å². The number of anilines is 1. The molecule has 0 aliphatic heterocycles. The zero-order valence-corrected chi connectivity index (χ0v) is 9.45. The van der Waals surface area contributed by atoms with Crippen molar-refractivity contribution in [1.82, 2.24) is 9.97 Å². The van der Waals surface area contributed by atoms with E-state index >= 15 is 0 Å². The van der Waals surface area contributed by atoms with E-state index in [4.69, 9.17) is 10.6 Å². The molecular weight excluding hydrogens is 192 g/mol. The van der Waals surface area contributed by atoms with Gasteiger partial charge in [0.1, 0.15) is 12.1 Å². The lowest BCUT2D eigenvalue weighted by molar-refractivity contribution is 0.277. The van der Waals surface area contributed by atoms with Crippen molar-refractivity contribution in [3.8, 4) is 5.88 Å². The largest absolute Gasteiger partial charge is 0.477 e. The molecule has 0 aromatic carbocycles. The van der Waals surface area contributed by atoms with E-state index in [0.29, 0.717) is 24.2 Å². The maximum atomic E-state index is 5.54. The minimum absolute atomic E-state index is 0.596. The molecule has 1 aromatic rings. The first-order valence-corrected chi connectivity index (χ1v) is 5.06. The summed E-state index contributed by atoms with van der Waals surface area (Å²) in [5.74, 6) is 7.12. The van der Waals surface area contributed by atoms with Gasteiger partial charge in [-0.1, -0.05) is 13.8 Å². The fraction of sp³-hybridized carbons (Fsp3) is 0.600. The van der Waals surface area contributed by atoms with Crippen LogP contribution in [0.2, 0.25) is 0 Å². The minimum Gasteiger partial charge on any atom is -0.477 e. The smallest absolute Gasteiger partial charge is 0.221 e. The van der Waals surface area contributed by atoms with Gasteiger partial charge in [0.15, 0.2) is 0 Å². The highest BCUT2D eigenvalue weighted by atomic mass is 16.5. The molecule has 1 rings (SSSR count).